The molecular weight excluding hydrogens is 1070 g/mol. The van der Waals surface area contributed by atoms with E-state index in [-0.39, 0.29) is 80.7 Å². The Balaban J connectivity index is 0.00000892. The molecule has 34 heteroatoms. The van der Waals surface area contributed by atoms with Crippen LogP contribution in [0.2, 0.25) is 0 Å². The minimum Gasteiger partial charge on any atom is -0.506 e. The Bertz CT molecular complexity index is 4020. The Morgan fingerprint density at radius 1 is 0.486 bits per heavy atom. The molecule has 0 heterocycles. The summed E-state index contributed by atoms with van der Waals surface area (Å²) in [4.78, 5) is 17.0. The summed E-state index contributed by atoms with van der Waals surface area (Å²) < 4.78 is 137. The average molecular weight is 1100 g/mol. The third kappa shape index (κ3) is 12.8. The van der Waals surface area contributed by atoms with E-state index in [1.54, 1.807) is 0 Å². The topological polar surface area (TPSA) is 468 Å². The Morgan fingerprint density at radius 3 is 1.38 bits per heavy atom. The van der Waals surface area contributed by atoms with Crippen LogP contribution in [0.3, 0.4) is 0 Å². The maximum Gasteiger partial charge on any atom is 1.00 e. The number of nitro benzene ring substituents is 2. The number of nitrogen functional groups attached to an aromatic ring is 1. The number of phenolic OH excluding ortho intramolecular Hbond substituents is 2. The monoisotopic (exact) mass is 1100 g/mol. The number of nitrogens with one attached hydrogen (secondary N) is 2. The van der Waals surface area contributed by atoms with E-state index in [1.165, 1.54) is 48.5 Å². The van der Waals surface area contributed by atoms with Crippen molar-refractivity contribution in [2.24, 2.45) is 30.7 Å². The standard InChI is InChI=1S/C40H29N11O18S4.Na/c41-28-18-34(52)32(47-44-23-5-1-21(2-6-23)42-29-11-9-25(50(54)55)15-35(29)71(61,62)63)19-31(28)46-48-33-17-27(70(58,59)60)13-20-14-37(73(67,68)69)39(40(53)38(20)33)49-45-24-7-3-22(4-8-24)43-30-12-10-26(51(56)57)16-36(30)72(64,65)66;/h1-19,42-43,52-53H,41H2,(H,58,59,60)(H,61,62,63)(H,64,65,66)(H,67,68,69);/q;+1. The molecule has 7 rings (SSSR count). The predicted molar refractivity (Wildman–Crippen MR) is 256 cm³/mol. The first-order valence-corrected chi connectivity index (χ1v) is 25.3. The third-order valence-electron chi connectivity index (χ3n) is 9.81. The number of hydrogen-bond donors (Lipinski definition) is 9. The number of phenols is 2. The van der Waals surface area contributed by atoms with Crippen molar-refractivity contribution >= 4 is 125 Å². The molecule has 0 aliphatic heterocycles. The number of benzene rings is 7. The minimum absolute atomic E-state index is 0. The average Bonchev–Trinajstić information content (AvgIpc) is 3.30. The molecule has 0 aromatic heterocycles. The summed E-state index contributed by atoms with van der Waals surface area (Å²) in [6, 6.07) is 20.2. The molecule has 74 heavy (non-hydrogen) atoms. The van der Waals surface area contributed by atoms with Gasteiger partial charge in [-0.3, -0.25) is 38.4 Å². The summed E-state index contributed by atoms with van der Waals surface area (Å²) in [5, 5.41) is 72.6. The molecule has 0 saturated carbocycles. The molecule has 10 N–H and O–H groups in total. The van der Waals surface area contributed by atoms with Crippen LogP contribution in [0.4, 0.5) is 73.9 Å². The van der Waals surface area contributed by atoms with Crippen LogP contribution >= 0.6 is 0 Å². The Kier molecular flexibility index (Phi) is 15.9. The van der Waals surface area contributed by atoms with Crippen LogP contribution < -0.4 is 45.9 Å². The quantitative estimate of drug-likeness (QED) is 0.0127. The predicted octanol–water partition coefficient (Wildman–Crippen LogP) is 6.37. The Labute approximate surface area is 437 Å². The molecule has 0 bridgehead atoms. The van der Waals surface area contributed by atoms with Crippen LogP contribution in [0.5, 0.6) is 11.5 Å². The summed E-state index contributed by atoms with van der Waals surface area (Å²) in [7, 11) is -20.3. The number of nitro groups is 2. The van der Waals surface area contributed by atoms with Crippen LogP contribution in [-0.4, -0.2) is 71.9 Å². The second-order valence-electron chi connectivity index (χ2n) is 14.7. The molecule has 0 fully saturated rings. The zero-order chi connectivity index (χ0) is 53.4. The van der Waals surface area contributed by atoms with Gasteiger partial charge in [0, 0.05) is 41.7 Å². The molecule has 0 atom stereocenters. The fraction of sp³-hybridized carbons (Fsp3) is 0. The number of aromatic hydroxyl groups is 2. The van der Waals surface area contributed by atoms with Gasteiger partial charge in [-0.05, 0) is 90.3 Å². The molecule has 7 aromatic rings. The number of azo groups is 3. The maximum absolute atomic E-state index is 12.6. The van der Waals surface area contributed by atoms with Crippen molar-refractivity contribution in [3.63, 3.8) is 0 Å². The smallest absolute Gasteiger partial charge is 0.506 e. The van der Waals surface area contributed by atoms with Gasteiger partial charge in [0.25, 0.3) is 51.8 Å². The van der Waals surface area contributed by atoms with Crippen molar-refractivity contribution in [1.82, 2.24) is 0 Å². The van der Waals surface area contributed by atoms with Crippen molar-refractivity contribution < 1.29 is 101 Å². The van der Waals surface area contributed by atoms with Gasteiger partial charge in [0.05, 0.1) is 54.3 Å². The molecule has 376 valence electrons. The van der Waals surface area contributed by atoms with Crippen LogP contribution in [0.1, 0.15) is 0 Å². The molecule has 7 aromatic carbocycles. The van der Waals surface area contributed by atoms with E-state index >= 15 is 0 Å². The van der Waals surface area contributed by atoms with E-state index in [9.17, 15) is 82.3 Å². The fourth-order valence-electron chi connectivity index (χ4n) is 6.45. The number of non-ortho nitro benzene ring substituents is 2. The normalized spacial score (nSPS) is 12.3. The summed E-state index contributed by atoms with van der Waals surface area (Å²) in [5.41, 5.74) is 2.59. The molecule has 0 amide bonds. The van der Waals surface area contributed by atoms with E-state index in [0.717, 1.165) is 48.5 Å². The number of nitrogens with zero attached hydrogens (tertiary/aromatic N) is 8. The van der Waals surface area contributed by atoms with Gasteiger partial charge >= 0.3 is 29.6 Å². The van der Waals surface area contributed by atoms with Crippen molar-refractivity contribution in [3.8, 4) is 11.5 Å². The zero-order valence-corrected chi connectivity index (χ0v) is 42.1. The Hall–Kier alpha value is -7.96. The van der Waals surface area contributed by atoms with Crippen molar-refractivity contribution in [1.29, 1.82) is 0 Å². The number of nitrogens with two attached hydrogens (primary N) is 1. The zero-order valence-electron chi connectivity index (χ0n) is 36.8. The van der Waals surface area contributed by atoms with E-state index in [2.05, 4.69) is 41.3 Å². The molecule has 0 radical (unpaired) electrons. The summed E-state index contributed by atoms with van der Waals surface area (Å²) in [5.74, 6) is -1.60. The molecular formula is C40H29N11NaO18S4+. The van der Waals surface area contributed by atoms with Crippen LogP contribution in [0.25, 0.3) is 10.8 Å². The van der Waals surface area contributed by atoms with Crippen molar-refractivity contribution in [2.75, 3.05) is 16.4 Å². The first kappa shape index (κ1) is 55.4. The van der Waals surface area contributed by atoms with Gasteiger partial charge in [0.2, 0.25) is 0 Å². The molecule has 0 aliphatic rings. The van der Waals surface area contributed by atoms with Crippen LogP contribution in [0.15, 0.2) is 166 Å². The SMILES string of the molecule is Nc1cc(O)c(N=Nc2ccc(Nc3ccc([N+](=O)[O-])cc3S(=O)(=O)O)cc2)cc1N=Nc1cc(S(=O)(=O)O)cc2cc(S(=O)(=O)O)c(N=Nc3ccc(Nc4ccc([N+](=O)[O-])cc4S(=O)(=O)O)cc3)c(O)c12.[Na+]. The summed E-state index contributed by atoms with van der Waals surface area (Å²) in [6.45, 7) is 0. The van der Waals surface area contributed by atoms with E-state index in [0.29, 0.717) is 18.2 Å². The van der Waals surface area contributed by atoms with Gasteiger partial charge in [-0.15, -0.1) is 20.5 Å². The third-order valence-corrected chi connectivity index (χ3v) is 13.3. The van der Waals surface area contributed by atoms with Gasteiger partial charge < -0.3 is 26.6 Å². The van der Waals surface area contributed by atoms with E-state index in [1.807, 2.05) is 0 Å². The molecule has 0 unspecified atom stereocenters. The van der Waals surface area contributed by atoms with Gasteiger partial charge in [0.1, 0.15) is 37.5 Å². The number of fused-ring (bicyclic) bond motifs is 1. The number of rotatable bonds is 16. The second kappa shape index (κ2) is 21.2. The van der Waals surface area contributed by atoms with Gasteiger partial charge in [-0.25, -0.2) is 0 Å². The van der Waals surface area contributed by atoms with Crippen LogP contribution in [-0.2, 0) is 40.5 Å². The summed E-state index contributed by atoms with van der Waals surface area (Å²) >= 11 is 0. The number of hydrogen-bond acceptors (Lipinski definition) is 23. The van der Waals surface area contributed by atoms with E-state index in [4.69, 9.17) is 5.73 Å². The number of anilines is 5. The largest absolute Gasteiger partial charge is 1.00 e. The molecule has 0 spiro atoms. The van der Waals surface area contributed by atoms with Gasteiger partial charge in [-0.2, -0.15) is 43.9 Å². The molecule has 0 aliphatic carbocycles. The fourth-order valence-corrected chi connectivity index (χ4v) is 8.98. The van der Waals surface area contributed by atoms with E-state index < -0.39 is 115 Å². The second-order valence-corrected chi connectivity index (χ2v) is 20.3. The summed E-state index contributed by atoms with van der Waals surface area (Å²) in [6.07, 6.45) is 0. The molecule has 0 saturated heterocycles. The Morgan fingerprint density at radius 2 is 0.932 bits per heavy atom. The first-order chi connectivity index (χ1) is 34.1. The first-order valence-electron chi connectivity index (χ1n) is 19.5. The minimum atomic E-state index is -5.31. The maximum atomic E-state index is 12.6. The van der Waals surface area contributed by atoms with Gasteiger partial charge in [0.15, 0.2) is 5.75 Å². The van der Waals surface area contributed by atoms with Crippen LogP contribution in [0, 0.1) is 20.2 Å². The van der Waals surface area contributed by atoms with Crippen molar-refractivity contribution in [2.45, 2.75) is 19.6 Å². The van der Waals surface area contributed by atoms with Crippen molar-refractivity contribution in [3.05, 3.63) is 135 Å². The van der Waals surface area contributed by atoms with Gasteiger partial charge in [-0.1, -0.05) is 0 Å². The molecule has 29 nitrogen and oxygen atoms in total.